The molecule has 0 aliphatic carbocycles. The fourth-order valence-electron chi connectivity index (χ4n) is 18.4. The summed E-state index contributed by atoms with van der Waals surface area (Å²) >= 11 is 0. The number of hydrogen-bond acceptors (Lipinski definition) is 22. The number of anilines is 1. The lowest BCUT2D eigenvalue weighted by Gasteiger charge is -2.33. The number of piperazine rings is 1. The van der Waals surface area contributed by atoms with Crippen molar-refractivity contribution in [1.82, 2.24) is 116 Å². The molecule has 125 heavy (non-hydrogen) atoms. The summed E-state index contributed by atoms with van der Waals surface area (Å²) in [6.45, 7) is 35.2. The molecule has 1 atom stereocenters. The van der Waals surface area contributed by atoms with E-state index in [9.17, 15) is 19.2 Å². The first-order valence-electron chi connectivity index (χ1n) is 44.5. The third-order valence-electron chi connectivity index (χ3n) is 25.0. The first kappa shape index (κ1) is 84.7. The second kappa shape index (κ2) is 36.8. The monoisotopic (exact) mass is 1680 g/mol. The quantitative estimate of drug-likeness (QED) is 0.0855. The van der Waals surface area contributed by atoms with Crippen LogP contribution in [0.3, 0.4) is 0 Å². The van der Waals surface area contributed by atoms with Gasteiger partial charge in [0.1, 0.15) is 45.4 Å². The maximum atomic E-state index is 13.0. The molecule has 30 nitrogen and oxygen atoms in total. The molecule has 646 valence electrons. The second-order valence-electron chi connectivity index (χ2n) is 33.7. The van der Waals surface area contributed by atoms with Crippen molar-refractivity contribution >= 4 is 50.3 Å². The molecule has 30 heteroatoms. The number of pyridine rings is 4. The van der Waals surface area contributed by atoms with Crippen LogP contribution in [-0.4, -0.2) is 207 Å². The molecular weight excluding hydrogens is 1570 g/mol. The molecule has 4 fully saturated rings. The molecule has 0 radical (unpaired) electrons. The fraction of sp³-hybridized carbons (Fsp3) is 0.411. The van der Waals surface area contributed by atoms with Crippen molar-refractivity contribution in [2.45, 2.75) is 171 Å². The lowest BCUT2D eigenvalue weighted by atomic mass is 9.90. The molecule has 16 aromatic heterocycles. The maximum absolute atomic E-state index is 13.0. The summed E-state index contributed by atoms with van der Waals surface area (Å²) in [5.41, 5.74) is 23.3. The lowest BCUT2D eigenvalue weighted by Crippen LogP contribution is -2.49. The van der Waals surface area contributed by atoms with Crippen molar-refractivity contribution in [1.29, 1.82) is 0 Å². The van der Waals surface area contributed by atoms with Crippen LogP contribution in [0, 0.1) is 27.7 Å². The standard InChI is InChI=1S/C25H30N6O.C24H28N6O2.C24H28N6O.C22H25N7O/c1-4-10-29-11-8-18(9-12-29)19-6-7-24-27-21(14-25(32)30(24)16-19)22-13-23-20(5-2)26-17(3)15-31(23)28-22;1-3-19-22-12-21(27-30(22)14-16(2)25-19)20-13-24(32)29-15-18(4-5-23(29)26-20)17-6-8-28(9-7-17)10-11-31;1-4-19-22-12-21(27-30(22)14-16(3)25-19)20-13-24(31)29-15-18(6-7-23(29)26-20)17-8-10-28(5-2)11-9-17;1-4-17-20-9-19(26-29(20)12-15(3)24-17)18-10-22(30)28-13-16(5-6-21(28)25-18)27-8-7-23-14(2)11-27/h6-7,13-16,18H,4-5,8-12H2,1-3H3;4-5,12-15,17,31H,3,6-11H2,1-2H3;6-7,12-15,17H,4-5,8-11H2,1-3H3;5-6,9-10,12-14,23H,4,7-8,11H2,1-3H3/t;;;14-/m...1/s1. The Bertz CT molecular complexity index is 6720. The van der Waals surface area contributed by atoms with Gasteiger partial charge in [-0.25, -0.2) is 38.0 Å². The summed E-state index contributed by atoms with van der Waals surface area (Å²) in [4.78, 5) is 98.8. The molecule has 0 amide bonds. The van der Waals surface area contributed by atoms with Gasteiger partial charge in [0.05, 0.1) is 127 Å². The number of aliphatic hydroxyl groups is 1. The second-order valence-corrected chi connectivity index (χ2v) is 33.7. The van der Waals surface area contributed by atoms with Crippen molar-refractivity contribution in [3.63, 3.8) is 0 Å². The molecular formula is C95H111N25O5. The Labute approximate surface area is 724 Å². The smallest absolute Gasteiger partial charge is 0.258 e. The molecule has 20 heterocycles. The highest BCUT2D eigenvalue weighted by Crippen LogP contribution is 2.34. The number of β-amino-alcohol motifs (C(OH)–C–C–N with tert-alkyl or cyclic N) is 1. The molecule has 16 aromatic rings. The van der Waals surface area contributed by atoms with Crippen LogP contribution >= 0.6 is 0 Å². The van der Waals surface area contributed by atoms with Crippen molar-refractivity contribution in [2.24, 2.45) is 0 Å². The van der Waals surface area contributed by atoms with Crippen molar-refractivity contribution in [2.75, 3.05) is 90.0 Å². The maximum Gasteiger partial charge on any atom is 0.258 e. The summed E-state index contributed by atoms with van der Waals surface area (Å²) in [6, 6.07) is 30.8. The van der Waals surface area contributed by atoms with Crippen LogP contribution in [0.4, 0.5) is 5.69 Å². The zero-order valence-corrected chi connectivity index (χ0v) is 73.4. The number of likely N-dealkylation sites (tertiary alicyclic amines) is 3. The highest BCUT2D eigenvalue weighted by molar-refractivity contribution is 5.71. The summed E-state index contributed by atoms with van der Waals surface area (Å²) in [6.07, 6.45) is 26.5. The number of fused-ring (bicyclic) bond motifs is 8. The molecule has 4 aliphatic rings. The minimum Gasteiger partial charge on any atom is -0.395 e. The fourth-order valence-corrected chi connectivity index (χ4v) is 18.4. The SMILES string of the molecule is CCCN1CCC(c2ccc3nc(-c4cc5c(CC)nc(C)cn5n4)cc(=O)n3c2)CC1.CCc1nc(C)cn2nc(-c3cc(=O)n4cc(C5CCN(CC)CC5)ccc4n3)cc12.CCc1nc(C)cn2nc(-c3cc(=O)n4cc(C5CCN(CCO)CC5)ccc4n3)cc12.CCc1nc(C)cn2nc(-c3cc(=O)n4cc(N5CCN[C@H](C)C5)ccc4n3)cc12. The number of rotatable bonds is 17. The van der Waals surface area contributed by atoms with Gasteiger partial charge in [0.2, 0.25) is 0 Å². The van der Waals surface area contributed by atoms with Gasteiger partial charge < -0.3 is 30.0 Å². The molecule has 4 aliphatic heterocycles. The Hall–Kier alpha value is -12.5. The van der Waals surface area contributed by atoms with E-state index in [-0.39, 0.29) is 28.8 Å². The van der Waals surface area contributed by atoms with Gasteiger partial charge in [-0.1, -0.05) is 59.7 Å². The molecule has 0 bridgehead atoms. The number of nitrogens with zero attached hydrogens (tertiary/aromatic N) is 24. The van der Waals surface area contributed by atoms with Crippen LogP contribution in [0.5, 0.6) is 0 Å². The highest BCUT2D eigenvalue weighted by Gasteiger charge is 2.27. The zero-order chi connectivity index (χ0) is 86.8. The van der Waals surface area contributed by atoms with E-state index in [1.165, 1.54) is 29.7 Å². The summed E-state index contributed by atoms with van der Waals surface area (Å²) < 4.78 is 13.9. The Balaban J connectivity index is 0.000000118. The molecule has 0 aromatic carbocycles. The largest absolute Gasteiger partial charge is 0.395 e. The zero-order valence-electron chi connectivity index (χ0n) is 73.4. The molecule has 2 N–H and O–H groups in total. The van der Waals surface area contributed by atoms with Gasteiger partial charge in [-0.05, 0) is 247 Å². The average molecular weight is 1680 g/mol. The summed E-state index contributed by atoms with van der Waals surface area (Å²) in [7, 11) is 0. The minimum absolute atomic E-state index is 0.0719. The Morgan fingerprint density at radius 1 is 0.360 bits per heavy atom. The molecule has 0 unspecified atom stereocenters. The Morgan fingerprint density at radius 3 is 0.976 bits per heavy atom. The van der Waals surface area contributed by atoms with E-state index in [1.807, 2.05) is 150 Å². The van der Waals surface area contributed by atoms with Gasteiger partial charge in [-0.15, -0.1) is 0 Å². The van der Waals surface area contributed by atoms with Crippen LogP contribution in [0.15, 0.2) is 166 Å². The molecule has 0 saturated carbocycles. The number of hydrogen-bond donors (Lipinski definition) is 2. The third-order valence-corrected chi connectivity index (χ3v) is 25.0. The number of nitrogens with one attached hydrogen (secondary N) is 1. The van der Waals surface area contributed by atoms with Crippen LogP contribution < -0.4 is 32.5 Å². The Kier molecular flexibility index (Phi) is 24.9. The average Bonchev–Trinajstić information content (AvgIpc) is 1.68. The van der Waals surface area contributed by atoms with E-state index in [1.54, 1.807) is 41.9 Å². The molecule has 20 rings (SSSR count). The van der Waals surface area contributed by atoms with E-state index in [0.29, 0.717) is 91.9 Å². The van der Waals surface area contributed by atoms with Gasteiger partial charge >= 0.3 is 0 Å². The number of aliphatic hydroxyl groups excluding tert-OH is 1. The number of aryl methyl sites for hydroxylation is 8. The Morgan fingerprint density at radius 2 is 0.672 bits per heavy atom. The summed E-state index contributed by atoms with van der Waals surface area (Å²) in [5.74, 6) is 1.42. The van der Waals surface area contributed by atoms with Crippen LogP contribution in [-0.2, 0) is 25.7 Å². The van der Waals surface area contributed by atoms with Crippen LogP contribution in [0.25, 0.3) is 90.2 Å². The third kappa shape index (κ3) is 18.1. The van der Waals surface area contributed by atoms with E-state index in [2.05, 4.69) is 132 Å². The molecule has 0 spiro atoms. The highest BCUT2D eigenvalue weighted by atomic mass is 16.3. The van der Waals surface area contributed by atoms with Gasteiger partial charge in [0.25, 0.3) is 22.2 Å². The predicted octanol–water partition coefficient (Wildman–Crippen LogP) is 11.9. The molecule has 4 saturated heterocycles. The van der Waals surface area contributed by atoms with Gasteiger partial charge in [0, 0.05) is 81.3 Å². The minimum atomic E-state index is -0.109. The summed E-state index contributed by atoms with van der Waals surface area (Å²) in [5, 5.41) is 31.2. The van der Waals surface area contributed by atoms with Gasteiger partial charge in [-0.3, -0.25) is 56.7 Å². The first-order valence-corrected chi connectivity index (χ1v) is 44.5. The van der Waals surface area contributed by atoms with Gasteiger partial charge in [-0.2, -0.15) is 20.4 Å². The van der Waals surface area contributed by atoms with Crippen molar-refractivity contribution < 1.29 is 5.11 Å². The first-order chi connectivity index (χ1) is 60.7. The van der Waals surface area contributed by atoms with E-state index < -0.39 is 0 Å². The van der Waals surface area contributed by atoms with E-state index >= 15 is 0 Å². The lowest BCUT2D eigenvalue weighted by molar-refractivity contribution is 0.164. The van der Waals surface area contributed by atoms with E-state index in [4.69, 9.17) is 25.0 Å². The van der Waals surface area contributed by atoms with Crippen molar-refractivity contribution in [3.8, 4) is 45.6 Å². The normalized spacial score (nSPS) is 16.1. The van der Waals surface area contributed by atoms with E-state index in [0.717, 1.165) is 210 Å². The van der Waals surface area contributed by atoms with Crippen LogP contribution in [0.2, 0.25) is 0 Å². The topological polar surface area (TPSA) is 303 Å². The van der Waals surface area contributed by atoms with Crippen LogP contribution in [0.1, 0.15) is 173 Å². The number of aromatic nitrogens is 20. The van der Waals surface area contributed by atoms with Crippen molar-refractivity contribution in [3.05, 3.63) is 250 Å². The predicted molar refractivity (Wildman–Crippen MR) is 488 cm³/mol. The van der Waals surface area contributed by atoms with Gasteiger partial charge in [0.15, 0.2) is 0 Å². The number of piperidine rings is 3.